The normalized spacial score (nSPS) is 13.9. The van der Waals surface area contributed by atoms with E-state index in [9.17, 15) is 5.11 Å². The van der Waals surface area contributed by atoms with Gasteiger partial charge in [-0.25, -0.2) is 4.98 Å². The fourth-order valence-corrected chi connectivity index (χ4v) is 3.06. The summed E-state index contributed by atoms with van der Waals surface area (Å²) in [6, 6.07) is 12.0. The van der Waals surface area contributed by atoms with Gasteiger partial charge in [-0.3, -0.25) is 0 Å². The van der Waals surface area contributed by atoms with Crippen molar-refractivity contribution in [2.45, 2.75) is 18.2 Å². The van der Waals surface area contributed by atoms with E-state index in [-0.39, 0.29) is 17.9 Å². The molecule has 0 unspecified atom stereocenters. The van der Waals surface area contributed by atoms with Gasteiger partial charge in [0.2, 0.25) is 0 Å². The van der Waals surface area contributed by atoms with Gasteiger partial charge in [-0.05, 0) is 13.2 Å². The molecule has 0 saturated heterocycles. The van der Waals surface area contributed by atoms with Gasteiger partial charge in [0.15, 0.2) is 0 Å². The van der Waals surface area contributed by atoms with Crippen molar-refractivity contribution in [3.05, 3.63) is 42.7 Å². The van der Waals surface area contributed by atoms with Gasteiger partial charge >= 0.3 is 0 Å². The minimum Gasteiger partial charge on any atom is -0.395 e. The van der Waals surface area contributed by atoms with E-state index in [0.29, 0.717) is 5.78 Å². The Morgan fingerprint density at radius 3 is 2.78 bits per heavy atom. The van der Waals surface area contributed by atoms with Gasteiger partial charge < -0.3 is 10.4 Å². The van der Waals surface area contributed by atoms with Crippen molar-refractivity contribution in [3.63, 3.8) is 0 Å². The Morgan fingerprint density at radius 1 is 1.30 bits per heavy atom. The molecule has 0 amide bonds. The molecule has 0 spiro atoms. The maximum Gasteiger partial charge on any atom is 0.254 e. The molecule has 2 aromatic heterocycles. The highest BCUT2D eigenvalue weighted by Gasteiger charge is 2.17. The maximum atomic E-state index is 9.47. The Hall–Kier alpha value is -2.12. The van der Waals surface area contributed by atoms with Crippen molar-refractivity contribution in [2.24, 2.45) is 0 Å². The SMILES string of the molecule is CS[C@H](CO)[C@@H](C)Nc1cc(-c2ccccc2)nc2ncnn12. The second-order valence-corrected chi connectivity index (χ2v) is 6.33. The van der Waals surface area contributed by atoms with Crippen LogP contribution in [0.25, 0.3) is 17.0 Å². The van der Waals surface area contributed by atoms with Crippen LogP contribution < -0.4 is 5.32 Å². The number of aliphatic hydroxyl groups excluding tert-OH is 1. The first-order chi connectivity index (χ1) is 11.2. The van der Waals surface area contributed by atoms with Crippen LogP contribution in [0.5, 0.6) is 0 Å². The van der Waals surface area contributed by atoms with Crippen LogP contribution in [0.3, 0.4) is 0 Å². The predicted octanol–water partition coefficient (Wildman–Crippen LogP) is 2.32. The molecule has 7 heteroatoms. The second-order valence-electron chi connectivity index (χ2n) is 5.25. The average molecular weight is 329 g/mol. The zero-order chi connectivity index (χ0) is 16.2. The number of nitrogens with one attached hydrogen (secondary N) is 1. The summed E-state index contributed by atoms with van der Waals surface area (Å²) in [6.45, 7) is 2.16. The van der Waals surface area contributed by atoms with E-state index >= 15 is 0 Å². The second kappa shape index (κ2) is 6.97. The first-order valence-electron chi connectivity index (χ1n) is 7.39. The molecule has 0 radical (unpaired) electrons. The van der Waals surface area contributed by atoms with Crippen LogP contribution >= 0.6 is 11.8 Å². The molecular weight excluding hydrogens is 310 g/mol. The van der Waals surface area contributed by atoms with E-state index in [0.717, 1.165) is 17.1 Å². The van der Waals surface area contributed by atoms with Crippen molar-refractivity contribution >= 4 is 23.4 Å². The lowest BCUT2D eigenvalue weighted by atomic mass is 10.1. The largest absolute Gasteiger partial charge is 0.395 e. The molecule has 120 valence electrons. The molecule has 23 heavy (non-hydrogen) atoms. The van der Waals surface area contributed by atoms with E-state index in [1.807, 2.05) is 49.6 Å². The third-order valence-electron chi connectivity index (χ3n) is 3.74. The molecule has 0 saturated carbocycles. The Morgan fingerprint density at radius 2 is 2.09 bits per heavy atom. The zero-order valence-electron chi connectivity index (χ0n) is 13.0. The summed E-state index contributed by atoms with van der Waals surface area (Å²) in [6.07, 6.45) is 3.48. The van der Waals surface area contributed by atoms with E-state index in [2.05, 4.69) is 20.4 Å². The number of aromatic nitrogens is 4. The van der Waals surface area contributed by atoms with Gasteiger partial charge in [0.1, 0.15) is 12.1 Å². The number of hydrogen-bond acceptors (Lipinski definition) is 6. The number of hydrogen-bond donors (Lipinski definition) is 2. The van der Waals surface area contributed by atoms with Crippen molar-refractivity contribution in [2.75, 3.05) is 18.2 Å². The Balaban J connectivity index is 2.00. The Labute approximate surface area is 139 Å². The quantitative estimate of drug-likeness (QED) is 0.723. The molecule has 2 N–H and O–H groups in total. The molecule has 1 aromatic carbocycles. The smallest absolute Gasteiger partial charge is 0.254 e. The molecule has 2 heterocycles. The summed E-state index contributed by atoms with van der Waals surface area (Å²) >= 11 is 1.63. The fraction of sp³-hybridized carbons (Fsp3) is 0.312. The summed E-state index contributed by atoms with van der Waals surface area (Å²) in [7, 11) is 0. The van der Waals surface area contributed by atoms with Crippen LogP contribution in [0.2, 0.25) is 0 Å². The molecule has 0 fully saturated rings. The van der Waals surface area contributed by atoms with Gasteiger partial charge in [-0.1, -0.05) is 30.3 Å². The molecule has 0 aliphatic heterocycles. The van der Waals surface area contributed by atoms with Crippen LogP contribution in [0.15, 0.2) is 42.7 Å². The van der Waals surface area contributed by atoms with Crippen molar-refractivity contribution in [1.29, 1.82) is 0 Å². The fourth-order valence-electron chi connectivity index (χ4n) is 2.43. The highest BCUT2D eigenvalue weighted by molar-refractivity contribution is 7.99. The van der Waals surface area contributed by atoms with Crippen molar-refractivity contribution in [1.82, 2.24) is 19.6 Å². The van der Waals surface area contributed by atoms with Crippen LogP contribution in [0.1, 0.15) is 6.92 Å². The standard InChI is InChI=1S/C16H19N5OS/c1-11(14(9-22)23-2)19-15-8-13(12-6-4-3-5-7-12)20-16-17-10-18-21(15)16/h3-8,10-11,14,19,22H,9H2,1-2H3/t11-,14-/m1/s1. The molecule has 6 nitrogen and oxygen atoms in total. The summed E-state index contributed by atoms with van der Waals surface area (Å²) < 4.78 is 1.68. The van der Waals surface area contributed by atoms with Gasteiger partial charge in [0.05, 0.1) is 12.3 Å². The molecule has 2 atom stereocenters. The topological polar surface area (TPSA) is 75.3 Å². The third kappa shape index (κ3) is 3.30. The number of aliphatic hydroxyl groups is 1. The number of thioether (sulfide) groups is 1. The summed E-state index contributed by atoms with van der Waals surface area (Å²) in [5.41, 5.74) is 1.86. The average Bonchev–Trinajstić information content (AvgIpc) is 3.05. The molecule has 3 aromatic rings. The molecule has 3 rings (SSSR count). The van der Waals surface area contributed by atoms with Gasteiger partial charge in [0.25, 0.3) is 5.78 Å². The van der Waals surface area contributed by atoms with Crippen LogP contribution in [-0.4, -0.2) is 48.8 Å². The van der Waals surface area contributed by atoms with Gasteiger partial charge in [-0.2, -0.15) is 26.4 Å². The maximum absolute atomic E-state index is 9.47. The van der Waals surface area contributed by atoms with Gasteiger partial charge in [-0.15, -0.1) is 0 Å². The molecule has 0 bridgehead atoms. The highest BCUT2D eigenvalue weighted by Crippen LogP contribution is 2.23. The minimum atomic E-state index is 0.0772. The Bertz CT molecular complexity index is 772. The highest BCUT2D eigenvalue weighted by atomic mass is 32.2. The minimum absolute atomic E-state index is 0.0772. The van der Waals surface area contributed by atoms with Crippen molar-refractivity contribution in [3.8, 4) is 11.3 Å². The van der Waals surface area contributed by atoms with Crippen molar-refractivity contribution < 1.29 is 5.11 Å². The first kappa shape index (κ1) is 15.8. The number of anilines is 1. The lowest BCUT2D eigenvalue weighted by Crippen LogP contribution is -2.31. The van der Waals surface area contributed by atoms with E-state index in [1.165, 1.54) is 6.33 Å². The lowest BCUT2D eigenvalue weighted by Gasteiger charge is -2.22. The summed E-state index contributed by atoms with van der Waals surface area (Å²) in [5.74, 6) is 1.36. The lowest BCUT2D eigenvalue weighted by molar-refractivity contribution is 0.288. The van der Waals surface area contributed by atoms with E-state index in [4.69, 9.17) is 0 Å². The first-order valence-corrected chi connectivity index (χ1v) is 8.68. The predicted molar refractivity (Wildman–Crippen MR) is 93.7 cm³/mol. The van der Waals surface area contributed by atoms with Crippen LogP contribution in [0, 0.1) is 0 Å². The molecule has 0 aliphatic rings. The molecular formula is C16H19N5OS. The van der Waals surface area contributed by atoms with E-state index in [1.54, 1.807) is 16.3 Å². The van der Waals surface area contributed by atoms with E-state index < -0.39 is 0 Å². The van der Waals surface area contributed by atoms with Gasteiger partial charge in [0, 0.05) is 22.9 Å². The zero-order valence-corrected chi connectivity index (χ0v) is 13.9. The number of benzene rings is 1. The summed E-state index contributed by atoms with van der Waals surface area (Å²) in [4.78, 5) is 8.76. The third-order valence-corrected chi connectivity index (χ3v) is 4.90. The number of fused-ring (bicyclic) bond motifs is 1. The molecule has 0 aliphatic carbocycles. The summed E-state index contributed by atoms with van der Waals surface area (Å²) in [5, 5.41) is 17.2. The number of rotatable bonds is 6. The Kier molecular flexibility index (Phi) is 4.78. The van der Waals surface area contributed by atoms with Crippen LogP contribution in [0.4, 0.5) is 5.82 Å². The van der Waals surface area contributed by atoms with Crippen LogP contribution in [-0.2, 0) is 0 Å². The number of nitrogens with zero attached hydrogens (tertiary/aromatic N) is 4. The monoisotopic (exact) mass is 329 g/mol.